The van der Waals surface area contributed by atoms with Gasteiger partial charge in [-0.3, -0.25) is 9.97 Å². The lowest BCUT2D eigenvalue weighted by molar-refractivity contribution is 0.282. The molecule has 0 saturated carbocycles. The molecule has 17 rings (SSSR count). The van der Waals surface area contributed by atoms with Gasteiger partial charge in [-0.1, -0.05) is 149 Å². The van der Waals surface area contributed by atoms with Crippen LogP contribution in [0.1, 0.15) is 134 Å². The Morgan fingerprint density at radius 2 is 0.781 bits per heavy atom. The van der Waals surface area contributed by atoms with E-state index in [1.165, 1.54) is 127 Å². The number of benzene rings is 6. The van der Waals surface area contributed by atoms with Crippen molar-refractivity contribution in [2.75, 3.05) is 0 Å². The highest BCUT2D eigenvalue weighted by molar-refractivity contribution is 6.28. The first-order valence-corrected chi connectivity index (χ1v) is 23.6. The minimum Gasteiger partial charge on any atom is -0.305 e. The number of pyridine rings is 2. The Morgan fingerprint density at radius 3 is 1.22 bits per heavy atom. The van der Waals surface area contributed by atoms with Crippen LogP contribution in [0.5, 0.6) is 0 Å². The average molecular weight is 824 g/mol. The molecule has 10 aromatic rings. The Bertz CT molecular complexity index is 3710. The minimum absolute atomic E-state index is 0.225. The van der Waals surface area contributed by atoms with Crippen LogP contribution in [0.4, 0.5) is 0 Å². The molecule has 0 unspecified atom stereocenters. The van der Waals surface area contributed by atoms with Crippen LogP contribution in [0.3, 0.4) is 0 Å². The summed E-state index contributed by atoms with van der Waals surface area (Å²) >= 11 is 0. The van der Waals surface area contributed by atoms with Crippen molar-refractivity contribution in [1.29, 1.82) is 0 Å². The van der Waals surface area contributed by atoms with Gasteiger partial charge in [-0.05, 0) is 123 Å². The quantitative estimate of drug-likeness (QED) is 0.174. The molecule has 0 amide bonds. The summed E-state index contributed by atoms with van der Waals surface area (Å²) < 4.78 is 2.63. The van der Waals surface area contributed by atoms with Gasteiger partial charge >= 0.3 is 0 Å². The van der Waals surface area contributed by atoms with Gasteiger partial charge in [0, 0.05) is 37.8 Å². The predicted octanol–water partition coefficient (Wildman–Crippen LogP) is 13.9. The number of fused-ring (bicyclic) bond motifs is 10. The lowest BCUT2D eigenvalue weighted by Crippen LogP contribution is -2.48. The monoisotopic (exact) mass is 823 g/mol. The van der Waals surface area contributed by atoms with Crippen LogP contribution in [-0.2, 0) is 27.1 Å². The third-order valence-corrected chi connectivity index (χ3v) is 18.5. The number of hydrogen-bond acceptors (Lipinski definition) is 2. The van der Waals surface area contributed by atoms with Gasteiger partial charge < -0.3 is 4.40 Å². The molecule has 0 aliphatic heterocycles. The van der Waals surface area contributed by atoms with Crippen LogP contribution in [-0.4, -0.2) is 14.4 Å². The summed E-state index contributed by atoms with van der Waals surface area (Å²) in [6.07, 6.45) is 4.50. The van der Waals surface area contributed by atoms with Crippen LogP contribution in [0, 0.1) is 11.8 Å². The fourth-order valence-electron chi connectivity index (χ4n) is 16.1. The predicted molar refractivity (Wildman–Crippen MR) is 261 cm³/mol. The largest absolute Gasteiger partial charge is 0.305 e. The highest BCUT2D eigenvalue weighted by atomic mass is 15.0. The number of rotatable bonds is 2. The maximum absolute atomic E-state index is 5.75. The molecule has 7 aliphatic carbocycles. The van der Waals surface area contributed by atoms with Crippen LogP contribution < -0.4 is 0 Å². The summed E-state index contributed by atoms with van der Waals surface area (Å²) in [5.41, 5.74) is 23.8. The van der Waals surface area contributed by atoms with E-state index in [0.29, 0.717) is 11.8 Å². The lowest BCUT2D eigenvalue weighted by atomic mass is 9.49. The van der Waals surface area contributed by atoms with Gasteiger partial charge in [-0.15, -0.1) is 0 Å². The Morgan fingerprint density at radius 1 is 0.406 bits per heavy atom. The molecular formula is C61H49N3. The summed E-state index contributed by atoms with van der Waals surface area (Å²) in [6.45, 7) is 19.8. The molecule has 4 bridgehead atoms. The van der Waals surface area contributed by atoms with E-state index in [1.807, 2.05) is 0 Å². The fraction of sp³-hybridized carbons (Fsp3) is 0.246. The zero-order valence-electron chi connectivity index (χ0n) is 37.8. The van der Waals surface area contributed by atoms with E-state index in [0.717, 1.165) is 0 Å². The molecule has 4 aromatic heterocycles. The standard InChI is InChI=1S/C61H49N3/c1-32(2)61(33(3)4)37-20-10-9-19-34(37)35-29-36-48-46(30-62-55-52(48)57(5)38-21-11-15-25-42(38)59(55,7)43-26-16-12-22-39(43)57)64-47-31-63-56-53(49(47)50(51(35)61)54(36)64)58(6)40-23-13-17-27-44(40)60(56,8)45-28-18-14-24-41(45)58/h9-33H,1-8H3. The smallest absolute Gasteiger partial charge is 0.0729 e. The molecular weight excluding hydrogens is 775 g/mol. The summed E-state index contributed by atoms with van der Waals surface area (Å²) in [5.74, 6) is 0.678. The Balaban J connectivity index is 1.21. The second kappa shape index (κ2) is 10.8. The number of nitrogens with zero attached hydrogens (tertiary/aromatic N) is 3. The van der Waals surface area contributed by atoms with Crippen LogP contribution >= 0.6 is 0 Å². The van der Waals surface area contributed by atoms with Gasteiger partial charge in [0.1, 0.15) is 0 Å². The fourth-order valence-corrected chi connectivity index (χ4v) is 16.1. The van der Waals surface area contributed by atoms with Crippen molar-refractivity contribution in [3.8, 4) is 11.1 Å². The van der Waals surface area contributed by atoms with Crippen LogP contribution in [0.2, 0.25) is 0 Å². The molecule has 3 nitrogen and oxygen atoms in total. The van der Waals surface area contributed by atoms with E-state index >= 15 is 0 Å². The molecule has 6 aromatic carbocycles. The molecule has 0 radical (unpaired) electrons. The first-order valence-electron chi connectivity index (χ1n) is 23.6. The topological polar surface area (TPSA) is 30.2 Å². The van der Waals surface area contributed by atoms with E-state index in [4.69, 9.17) is 9.97 Å². The van der Waals surface area contributed by atoms with E-state index < -0.39 is 21.7 Å². The molecule has 0 fully saturated rings. The SMILES string of the molecule is CC(C)C1(C(C)C)c2ccccc2-c2cc3c4c5c(ncc4n4c6cnc7c(c6c(c21)c34)C1(C)c2ccccc2C7(C)c2ccccc21)C1(C)c2ccccc2C5(C)c2ccccc21. The van der Waals surface area contributed by atoms with Gasteiger partial charge in [-0.25, -0.2) is 0 Å². The Labute approximate surface area is 374 Å². The van der Waals surface area contributed by atoms with Gasteiger partial charge in [0.2, 0.25) is 0 Å². The van der Waals surface area contributed by atoms with Crippen LogP contribution in [0.25, 0.3) is 49.2 Å². The normalized spacial score (nSPS) is 24.6. The van der Waals surface area contributed by atoms with Crippen molar-refractivity contribution in [3.05, 3.63) is 218 Å². The second-order valence-electron chi connectivity index (χ2n) is 21.3. The molecule has 7 aliphatic rings. The lowest BCUT2D eigenvalue weighted by Gasteiger charge is -2.53. The molecule has 4 heterocycles. The maximum atomic E-state index is 5.75. The highest BCUT2D eigenvalue weighted by Crippen LogP contribution is 2.68. The summed E-state index contributed by atoms with van der Waals surface area (Å²) in [4.78, 5) is 11.5. The van der Waals surface area contributed by atoms with Crippen molar-refractivity contribution in [2.24, 2.45) is 11.8 Å². The second-order valence-corrected chi connectivity index (χ2v) is 21.3. The molecule has 64 heavy (non-hydrogen) atoms. The van der Waals surface area contributed by atoms with Crippen LogP contribution in [0.15, 0.2) is 140 Å². The third-order valence-electron chi connectivity index (χ3n) is 18.5. The zero-order valence-corrected chi connectivity index (χ0v) is 37.8. The third kappa shape index (κ3) is 3.32. The van der Waals surface area contributed by atoms with Gasteiger partial charge in [-0.2, -0.15) is 0 Å². The van der Waals surface area contributed by atoms with Crippen molar-refractivity contribution < 1.29 is 0 Å². The minimum atomic E-state index is -0.427. The highest BCUT2D eigenvalue weighted by Gasteiger charge is 2.59. The van der Waals surface area contributed by atoms with Gasteiger partial charge in [0.25, 0.3) is 0 Å². The van der Waals surface area contributed by atoms with E-state index in [9.17, 15) is 0 Å². The molecule has 3 heteroatoms. The molecule has 0 spiro atoms. The first-order chi connectivity index (χ1) is 31.0. The maximum Gasteiger partial charge on any atom is 0.0729 e. The molecule has 308 valence electrons. The van der Waals surface area contributed by atoms with E-state index in [-0.39, 0.29) is 5.41 Å². The van der Waals surface area contributed by atoms with E-state index in [1.54, 1.807) is 0 Å². The number of hydrogen-bond donors (Lipinski definition) is 0. The molecule has 0 N–H and O–H groups in total. The number of aromatic nitrogens is 3. The van der Waals surface area contributed by atoms with Gasteiger partial charge in [0.05, 0.1) is 51.2 Å². The van der Waals surface area contributed by atoms with Crippen molar-refractivity contribution >= 4 is 38.1 Å². The van der Waals surface area contributed by atoms with E-state index in [2.05, 4.69) is 200 Å². The molecule has 0 atom stereocenters. The summed E-state index contributed by atoms with van der Waals surface area (Å²) in [7, 11) is 0. The molecule has 0 saturated heterocycles. The first kappa shape index (κ1) is 35.8. The van der Waals surface area contributed by atoms with Crippen molar-refractivity contribution in [1.82, 2.24) is 14.4 Å². The summed E-state index contributed by atoms with van der Waals surface area (Å²) in [6, 6.07) is 49.0. The van der Waals surface area contributed by atoms with Gasteiger partial charge in [0.15, 0.2) is 0 Å². The van der Waals surface area contributed by atoms with Crippen molar-refractivity contribution in [3.63, 3.8) is 0 Å². The Hall–Kier alpha value is -6.58. The average Bonchev–Trinajstić information content (AvgIpc) is 3.95. The Kier molecular flexibility index (Phi) is 6.07. The zero-order chi connectivity index (χ0) is 43.2. The summed E-state index contributed by atoms with van der Waals surface area (Å²) in [5, 5.41) is 5.45. The van der Waals surface area contributed by atoms with Crippen molar-refractivity contribution in [2.45, 2.75) is 82.5 Å².